The molecule has 2 N–H and O–H groups in total. The fourth-order valence-electron chi connectivity index (χ4n) is 1.99. The van der Waals surface area contributed by atoms with Crippen LogP contribution in [0, 0.1) is 5.41 Å². The minimum absolute atomic E-state index is 0.281. The fourth-order valence-corrected chi connectivity index (χ4v) is 1.99. The van der Waals surface area contributed by atoms with Gasteiger partial charge in [0, 0.05) is 27.2 Å². The lowest BCUT2D eigenvalue weighted by atomic mass is 9.93. The van der Waals surface area contributed by atoms with Gasteiger partial charge in [0.05, 0.1) is 0 Å². The summed E-state index contributed by atoms with van der Waals surface area (Å²) in [5.74, 6) is 1.58. The number of nitrogens with zero attached hydrogens (tertiary/aromatic N) is 5. The lowest BCUT2D eigenvalue weighted by molar-refractivity contribution is 0.418. The lowest BCUT2D eigenvalue weighted by Crippen LogP contribution is -2.26. The molecule has 0 saturated carbocycles. The molecule has 1 fully saturated rings. The van der Waals surface area contributed by atoms with Gasteiger partial charge < -0.3 is 15.5 Å². The Kier molecular flexibility index (Phi) is 2.81. The smallest absolute Gasteiger partial charge is 0.231 e. The van der Waals surface area contributed by atoms with Crippen LogP contribution in [0.25, 0.3) is 0 Å². The van der Waals surface area contributed by atoms with Gasteiger partial charge in [0.2, 0.25) is 17.8 Å². The van der Waals surface area contributed by atoms with Gasteiger partial charge in [0.25, 0.3) is 0 Å². The second-order valence-electron chi connectivity index (χ2n) is 5.52. The van der Waals surface area contributed by atoms with Crippen LogP contribution in [-0.4, -0.2) is 42.1 Å². The number of hydrogen-bond donors (Lipinski definition) is 1. The van der Waals surface area contributed by atoms with Gasteiger partial charge >= 0.3 is 0 Å². The van der Waals surface area contributed by atoms with E-state index in [1.54, 1.807) is 0 Å². The summed E-state index contributed by atoms with van der Waals surface area (Å²) in [6.07, 6.45) is 1.15. The topological polar surface area (TPSA) is 71.2 Å². The van der Waals surface area contributed by atoms with Gasteiger partial charge in [-0.2, -0.15) is 15.0 Å². The molecule has 0 atom stereocenters. The van der Waals surface area contributed by atoms with Gasteiger partial charge in [-0.1, -0.05) is 13.8 Å². The minimum atomic E-state index is 0.281. The molecule has 1 saturated heterocycles. The van der Waals surface area contributed by atoms with Crippen LogP contribution in [0.2, 0.25) is 0 Å². The van der Waals surface area contributed by atoms with E-state index in [-0.39, 0.29) is 5.95 Å². The molecule has 0 amide bonds. The van der Waals surface area contributed by atoms with Crippen molar-refractivity contribution in [1.82, 2.24) is 15.0 Å². The molecule has 17 heavy (non-hydrogen) atoms. The van der Waals surface area contributed by atoms with Crippen LogP contribution in [-0.2, 0) is 0 Å². The normalized spacial score (nSPS) is 18.5. The minimum Gasteiger partial charge on any atom is -0.368 e. The van der Waals surface area contributed by atoms with E-state index in [0.29, 0.717) is 17.3 Å². The molecule has 1 aromatic rings. The van der Waals surface area contributed by atoms with Crippen LogP contribution < -0.4 is 15.5 Å². The number of hydrogen-bond acceptors (Lipinski definition) is 6. The predicted octanol–water partition coefficient (Wildman–Crippen LogP) is 0.756. The van der Waals surface area contributed by atoms with E-state index >= 15 is 0 Å². The molecule has 0 bridgehead atoms. The summed E-state index contributed by atoms with van der Waals surface area (Å²) < 4.78 is 0. The molecule has 1 aliphatic heterocycles. The molecule has 94 valence electrons. The highest BCUT2D eigenvalue weighted by Gasteiger charge is 2.31. The largest absolute Gasteiger partial charge is 0.368 e. The first kappa shape index (κ1) is 11.9. The van der Waals surface area contributed by atoms with Crippen molar-refractivity contribution in [3.63, 3.8) is 0 Å². The molecule has 0 aromatic carbocycles. The van der Waals surface area contributed by atoms with Crippen LogP contribution in [0.15, 0.2) is 0 Å². The monoisotopic (exact) mass is 236 g/mol. The van der Waals surface area contributed by atoms with E-state index < -0.39 is 0 Å². The van der Waals surface area contributed by atoms with E-state index in [4.69, 9.17) is 5.73 Å². The van der Waals surface area contributed by atoms with E-state index in [1.807, 2.05) is 19.0 Å². The van der Waals surface area contributed by atoms with E-state index in [0.717, 1.165) is 19.5 Å². The van der Waals surface area contributed by atoms with Crippen molar-refractivity contribution < 1.29 is 0 Å². The van der Waals surface area contributed by atoms with Crippen LogP contribution in [0.5, 0.6) is 0 Å². The second-order valence-corrected chi connectivity index (χ2v) is 5.52. The Bertz CT molecular complexity index is 414. The van der Waals surface area contributed by atoms with Gasteiger partial charge in [-0.05, 0) is 11.8 Å². The Labute approximate surface area is 102 Å². The molecule has 1 aromatic heterocycles. The van der Waals surface area contributed by atoms with Gasteiger partial charge in [0.1, 0.15) is 0 Å². The average Bonchev–Trinajstić information content (AvgIpc) is 2.58. The van der Waals surface area contributed by atoms with E-state index in [2.05, 4.69) is 33.7 Å². The van der Waals surface area contributed by atoms with Gasteiger partial charge in [0.15, 0.2) is 0 Å². The Morgan fingerprint density at radius 1 is 1.24 bits per heavy atom. The molecule has 0 spiro atoms. The summed E-state index contributed by atoms with van der Waals surface area (Å²) in [6.45, 7) is 6.45. The first-order valence-corrected chi connectivity index (χ1v) is 5.81. The highest BCUT2D eigenvalue weighted by atomic mass is 15.3. The summed E-state index contributed by atoms with van der Waals surface area (Å²) in [6, 6.07) is 0. The lowest BCUT2D eigenvalue weighted by Gasteiger charge is -2.21. The molecule has 0 radical (unpaired) electrons. The van der Waals surface area contributed by atoms with Crippen molar-refractivity contribution in [2.45, 2.75) is 20.3 Å². The maximum atomic E-state index is 5.72. The first-order valence-electron chi connectivity index (χ1n) is 5.81. The Hall–Kier alpha value is -1.59. The summed E-state index contributed by atoms with van der Waals surface area (Å²) in [5, 5.41) is 0. The molecule has 0 aliphatic carbocycles. The highest BCUT2D eigenvalue weighted by Crippen LogP contribution is 2.31. The Morgan fingerprint density at radius 3 is 2.47 bits per heavy atom. The zero-order chi connectivity index (χ0) is 12.6. The van der Waals surface area contributed by atoms with Crippen LogP contribution in [0.4, 0.5) is 17.8 Å². The summed E-state index contributed by atoms with van der Waals surface area (Å²) in [7, 11) is 3.79. The first-order chi connectivity index (χ1) is 7.87. The van der Waals surface area contributed by atoms with Crippen LogP contribution in [0.1, 0.15) is 20.3 Å². The molecule has 0 unspecified atom stereocenters. The SMILES string of the molecule is CN(C)c1nc(N)nc(N2CCC(C)(C)C2)n1. The van der Waals surface area contributed by atoms with Crippen molar-refractivity contribution in [1.29, 1.82) is 0 Å². The predicted molar refractivity (Wildman–Crippen MR) is 69.2 cm³/mol. The quantitative estimate of drug-likeness (QED) is 0.817. The van der Waals surface area contributed by atoms with Gasteiger partial charge in [-0.3, -0.25) is 0 Å². The van der Waals surface area contributed by atoms with E-state index in [9.17, 15) is 0 Å². The Balaban J connectivity index is 2.27. The maximum Gasteiger partial charge on any atom is 0.231 e. The van der Waals surface area contributed by atoms with Crippen molar-refractivity contribution >= 4 is 17.8 Å². The standard InChI is InChI=1S/C11H20N6/c1-11(2)5-6-17(7-11)10-14-8(12)13-9(15-10)16(3)4/h5-7H2,1-4H3,(H2,12,13,14,15). The van der Waals surface area contributed by atoms with E-state index in [1.165, 1.54) is 0 Å². The zero-order valence-electron chi connectivity index (χ0n) is 10.9. The summed E-state index contributed by atoms with van der Waals surface area (Å²) in [4.78, 5) is 16.8. The molecular formula is C11H20N6. The summed E-state index contributed by atoms with van der Waals surface area (Å²) >= 11 is 0. The number of aromatic nitrogens is 3. The third kappa shape index (κ3) is 2.57. The average molecular weight is 236 g/mol. The molecule has 2 rings (SSSR count). The van der Waals surface area contributed by atoms with Crippen molar-refractivity contribution in [2.75, 3.05) is 42.7 Å². The molecule has 6 nitrogen and oxygen atoms in total. The van der Waals surface area contributed by atoms with Crippen molar-refractivity contribution in [3.05, 3.63) is 0 Å². The van der Waals surface area contributed by atoms with Crippen molar-refractivity contribution in [3.8, 4) is 0 Å². The van der Waals surface area contributed by atoms with Crippen LogP contribution >= 0.6 is 0 Å². The number of nitrogens with two attached hydrogens (primary N) is 1. The second kappa shape index (κ2) is 4.01. The molecule has 1 aliphatic rings. The Morgan fingerprint density at radius 2 is 1.94 bits per heavy atom. The third-order valence-electron chi connectivity index (χ3n) is 2.99. The zero-order valence-corrected chi connectivity index (χ0v) is 10.9. The van der Waals surface area contributed by atoms with Crippen LogP contribution in [0.3, 0.4) is 0 Å². The number of nitrogen functional groups attached to an aromatic ring is 1. The van der Waals surface area contributed by atoms with Crippen molar-refractivity contribution in [2.24, 2.45) is 5.41 Å². The van der Waals surface area contributed by atoms with Gasteiger partial charge in [-0.25, -0.2) is 0 Å². The fraction of sp³-hybridized carbons (Fsp3) is 0.727. The maximum absolute atomic E-state index is 5.72. The van der Waals surface area contributed by atoms with Gasteiger partial charge in [-0.15, -0.1) is 0 Å². The highest BCUT2D eigenvalue weighted by molar-refractivity contribution is 5.43. The summed E-state index contributed by atoms with van der Waals surface area (Å²) in [5.41, 5.74) is 6.04. The number of anilines is 3. The molecule has 6 heteroatoms. The molecular weight excluding hydrogens is 216 g/mol. The number of rotatable bonds is 2. The third-order valence-corrected chi connectivity index (χ3v) is 2.99. The molecule has 2 heterocycles.